The summed E-state index contributed by atoms with van der Waals surface area (Å²) in [5, 5.41) is 46.8. The summed E-state index contributed by atoms with van der Waals surface area (Å²) in [5.74, 6) is -3.60. The molecule has 2 aromatic heterocycles. The van der Waals surface area contributed by atoms with Gasteiger partial charge in [0.25, 0.3) is 11.5 Å². The molecule has 8 N–H and O–H groups in total. The van der Waals surface area contributed by atoms with Gasteiger partial charge >= 0.3 is 5.69 Å². The van der Waals surface area contributed by atoms with Crippen LogP contribution in [0.2, 0.25) is 0 Å². The van der Waals surface area contributed by atoms with Crippen molar-refractivity contribution in [3.63, 3.8) is 0 Å². The summed E-state index contributed by atoms with van der Waals surface area (Å²) in [7, 11) is 0. The fraction of sp³-hybridized carbons (Fsp3) is 0.583. The standard InChI is InChI=1S/C12H17N5O8/c13-10-14-7-6(8(20)15-10)16(3-12(22,23)24)11(21)17(7)9-5(19)1-4(2-18)25-9/h4-5,9,18-19,22-24H,1-3H2,(H3,13,14,15,20). The molecule has 2 aromatic rings. The van der Waals surface area contributed by atoms with Gasteiger partial charge in [-0.15, -0.1) is 0 Å². The van der Waals surface area contributed by atoms with Crippen LogP contribution in [-0.4, -0.2) is 69.4 Å². The predicted molar refractivity (Wildman–Crippen MR) is 80.0 cm³/mol. The number of fused-ring (bicyclic) bond motifs is 1. The topological polar surface area (TPSA) is 209 Å². The number of aliphatic hydroxyl groups is 5. The molecule has 0 aliphatic carbocycles. The molecule has 0 amide bonds. The minimum Gasteiger partial charge on any atom is -0.394 e. The Morgan fingerprint density at radius 2 is 2.04 bits per heavy atom. The van der Waals surface area contributed by atoms with Crippen molar-refractivity contribution in [3.05, 3.63) is 20.8 Å². The van der Waals surface area contributed by atoms with Gasteiger partial charge in [0.2, 0.25) is 5.95 Å². The summed E-state index contributed by atoms with van der Waals surface area (Å²) >= 11 is 0. The summed E-state index contributed by atoms with van der Waals surface area (Å²) in [6, 6.07) is 0. The number of nitrogens with zero attached hydrogens (tertiary/aromatic N) is 3. The maximum Gasteiger partial charge on any atom is 0.333 e. The number of nitrogens with two attached hydrogens (primary N) is 1. The average Bonchev–Trinajstić information content (AvgIpc) is 2.96. The predicted octanol–water partition coefficient (Wildman–Crippen LogP) is -4.26. The molecular formula is C12H17N5O8. The van der Waals surface area contributed by atoms with E-state index in [-0.39, 0.29) is 18.0 Å². The van der Waals surface area contributed by atoms with Crippen molar-refractivity contribution in [2.75, 3.05) is 12.3 Å². The first-order valence-corrected chi connectivity index (χ1v) is 7.24. The number of anilines is 1. The molecule has 3 unspecified atom stereocenters. The van der Waals surface area contributed by atoms with E-state index in [1.54, 1.807) is 0 Å². The Morgan fingerprint density at radius 1 is 1.36 bits per heavy atom. The maximum absolute atomic E-state index is 12.7. The Hall–Kier alpha value is -2.29. The number of ether oxygens (including phenoxy) is 1. The first kappa shape index (κ1) is 17.5. The minimum absolute atomic E-state index is 0.0306. The second-order valence-corrected chi connectivity index (χ2v) is 5.77. The molecule has 1 aliphatic heterocycles. The van der Waals surface area contributed by atoms with Crippen molar-refractivity contribution in [2.45, 2.75) is 37.4 Å². The lowest BCUT2D eigenvalue weighted by atomic mass is 10.2. The number of aromatic amines is 1. The largest absolute Gasteiger partial charge is 0.394 e. The van der Waals surface area contributed by atoms with Gasteiger partial charge in [0.1, 0.15) is 12.6 Å². The number of imidazole rings is 1. The van der Waals surface area contributed by atoms with E-state index in [4.69, 9.17) is 15.6 Å². The Labute approximate surface area is 138 Å². The van der Waals surface area contributed by atoms with Crippen molar-refractivity contribution in [1.82, 2.24) is 19.1 Å². The van der Waals surface area contributed by atoms with Crippen molar-refractivity contribution in [3.8, 4) is 0 Å². The van der Waals surface area contributed by atoms with Crippen LogP contribution in [0.1, 0.15) is 12.6 Å². The van der Waals surface area contributed by atoms with Gasteiger partial charge in [0, 0.05) is 6.42 Å². The third-order valence-corrected chi connectivity index (χ3v) is 3.82. The number of hydrogen-bond acceptors (Lipinski definition) is 10. The van der Waals surface area contributed by atoms with E-state index >= 15 is 0 Å². The van der Waals surface area contributed by atoms with Crippen LogP contribution >= 0.6 is 0 Å². The van der Waals surface area contributed by atoms with E-state index in [1.165, 1.54) is 0 Å². The normalized spacial score (nSPS) is 24.3. The first-order valence-electron chi connectivity index (χ1n) is 7.24. The number of nitrogens with one attached hydrogen (secondary N) is 1. The fourth-order valence-corrected chi connectivity index (χ4v) is 2.87. The van der Waals surface area contributed by atoms with Gasteiger partial charge in [-0.1, -0.05) is 0 Å². The molecule has 25 heavy (non-hydrogen) atoms. The molecule has 1 fully saturated rings. The first-order chi connectivity index (χ1) is 11.6. The van der Waals surface area contributed by atoms with Gasteiger partial charge in [0.05, 0.1) is 12.7 Å². The number of H-pyrrole nitrogens is 1. The zero-order valence-electron chi connectivity index (χ0n) is 12.7. The van der Waals surface area contributed by atoms with Crippen molar-refractivity contribution >= 4 is 17.1 Å². The maximum atomic E-state index is 12.7. The average molecular weight is 359 g/mol. The summed E-state index contributed by atoms with van der Waals surface area (Å²) < 4.78 is 6.77. The second kappa shape index (κ2) is 5.91. The van der Waals surface area contributed by atoms with Crippen LogP contribution in [-0.2, 0) is 11.3 Å². The third kappa shape index (κ3) is 3.04. The Balaban J connectivity index is 2.27. The van der Waals surface area contributed by atoms with Gasteiger partial charge in [-0.05, 0) is 0 Å². The van der Waals surface area contributed by atoms with Crippen molar-refractivity contribution in [2.24, 2.45) is 0 Å². The van der Waals surface area contributed by atoms with E-state index in [0.717, 1.165) is 4.57 Å². The monoisotopic (exact) mass is 359 g/mol. The highest BCUT2D eigenvalue weighted by Crippen LogP contribution is 2.29. The lowest BCUT2D eigenvalue weighted by Crippen LogP contribution is -2.39. The second-order valence-electron chi connectivity index (χ2n) is 5.77. The molecule has 138 valence electrons. The minimum atomic E-state index is -3.28. The smallest absolute Gasteiger partial charge is 0.333 e. The van der Waals surface area contributed by atoms with Gasteiger partial charge < -0.3 is 36.0 Å². The van der Waals surface area contributed by atoms with Crippen LogP contribution in [0.15, 0.2) is 9.59 Å². The molecule has 13 heteroatoms. The van der Waals surface area contributed by atoms with E-state index < -0.39 is 54.3 Å². The molecule has 1 saturated heterocycles. The molecule has 3 atom stereocenters. The van der Waals surface area contributed by atoms with Crippen LogP contribution in [0.25, 0.3) is 11.2 Å². The third-order valence-electron chi connectivity index (χ3n) is 3.82. The number of nitrogen functional groups attached to an aromatic ring is 1. The molecule has 0 aromatic carbocycles. The summed E-state index contributed by atoms with van der Waals surface area (Å²) in [4.78, 5) is 30.8. The zero-order valence-corrected chi connectivity index (χ0v) is 12.7. The van der Waals surface area contributed by atoms with E-state index in [1.807, 2.05) is 0 Å². The molecule has 0 saturated carbocycles. The molecular weight excluding hydrogens is 342 g/mol. The van der Waals surface area contributed by atoms with E-state index in [0.29, 0.717) is 4.57 Å². The van der Waals surface area contributed by atoms with E-state index in [9.17, 15) is 30.0 Å². The van der Waals surface area contributed by atoms with Crippen LogP contribution in [0, 0.1) is 0 Å². The highest BCUT2D eigenvalue weighted by Gasteiger charge is 2.39. The highest BCUT2D eigenvalue weighted by atomic mass is 16.7. The molecule has 3 heterocycles. The quantitative estimate of drug-likeness (QED) is 0.261. The van der Waals surface area contributed by atoms with Crippen molar-refractivity contribution in [1.29, 1.82) is 0 Å². The Morgan fingerprint density at radius 3 is 2.60 bits per heavy atom. The number of aliphatic hydroxyl groups excluding tert-OH is 2. The van der Waals surface area contributed by atoms with Crippen LogP contribution < -0.4 is 17.0 Å². The summed E-state index contributed by atoms with van der Waals surface area (Å²) in [5.41, 5.74) is 2.94. The SMILES string of the molecule is Nc1nc2c(c(=O)[nH]1)n(CC(O)(O)O)c(=O)n2C1OC(CO)CC1O. The van der Waals surface area contributed by atoms with Crippen LogP contribution in [0.3, 0.4) is 0 Å². The number of rotatable bonds is 4. The van der Waals surface area contributed by atoms with Crippen molar-refractivity contribution < 1.29 is 30.3 Å². The van der Waals surface area contributed by atoms with Gasteiger partial charge in [-0.3, -0.25) is 14.3 Å². The Kier molecular flexibility index (Phi) is 4.14. The molecule has 0 radical (unpaired) electrons. The molecule has 3 rings (SSSR count). The Bertz CT molecular complexity index is 909. The fourth-order valence-electron chi connectivity index (χ4n) is 2.87. The number of aromatic nitrogens is 4. The summed E-state index contributed by atoms with van der Waals surface area (Å²) in [6.07, 6.45) is -3.19. The van der Waals surface area contributed by atoms with Gasteiger partial charge in [0.15, 0.2) is 17.4 Å². The molecule has 13 nitrogen and oxygen atoms in total. The molecule has 1 aliphatic rings. The summed E-state index contributed by atoms with van der Waals surface area (Å²) in [6.45, 7) is -1.46. The van der Waals surface area contributed by atoms with Gasteiger partial charge in [-0.25, -0.2) is 9.36 Å². The molecule has 0 bridgehead atoms. The van der Waals surface area contributed by atoms with Gasteiger partial charge in [-0.2, -0.15) is 4.98 Å². The molecule has 0 spiro atoms. The number of hydrogen-bond donors (Lipinski definition) is 7. The zero-order chi connectivity index (χ0) is 18.5. The highest BCUT2D eigenvalue weighted by molar-refractivity contribution is 5.71. The lowest BCUT2D eigenvalue weighted by molar-refractivity contribution is -0.318. The van der Waals surface area contributed by atoms with Crippen LogP contribution in [0.5, 0.6) is 0 Å². The van der Waals surface area contributed by atoms with E-state index in [2.05, 4.69) is 9.97 Å². The van der Waals surface area contributed by atoms with Crippen LogP contribution in [0.4, 0.5) is 5.95 Å². The lowest BCUT2D eigenvalue weighted by Gasteiger charge is -2.16.